The molecular formula is C10H14ClN3OS. The van der Waals surface area contributed by atoms with Gasteiger partial charge in [0.25, 0.3) is 0 Å². The van der Waals surface area contributed by atoms with E-state index in [0.717, 1.165) is 16.3 Å². The van der Waals surface area contributed by atoms with E-state index in [0.29, 0.717) is 18.2 Å². The Morgan fingerprint density at radius 2 is 2.44 bits per heavy atom. The average Bonchev–Trinajstić information content (AvgIpc) is 2.69. The maximum absolute atomic E-state index is 9.16. The zero-order valence-corrected chi connectivity index (χ0v) is 10.8. The topological polar surface area (TPSA) is 49.6 Å². The van der Waals surface area contributed by atoms with Gasteiger partial charge < -0.3 is 10.4 Å². The molecule has 0 bridgehead atoms. The van der Waals surface area contributed by atoms with E-state index in [9.17, 15) is 0 Å². The summed E-state index contributed by atoms with van der Waals surface area (Å²) < 4.78 is 2.04. The lowest BCUT2D eigenvalue weighted by Crippen LogP contribution is -2.24. The molecule has 2 heterocycles. The van der Waals surface area contributed by atoms with E-state index in [1.165, 1.54) is 0 Å². The van der Waals surface area contributed by atoms with Crippen LogP contribution in [0.2, 0.25) is 5.15 Å². The summed E-state index contributed by atoms with van der Waals surface area (Å²) in [4.78, 5) is 5.19. The van der Waals surface area contributed by atoms with Crippen LogP contribution in [-0.4, -0.2) is 27.1 Å². The Bertz CT molecular complexity index is 491. The van der Waals surface area contributed by atoms with E-state index in [1.54, 1.807) is 18.3 Å². The average molecular weight is 260 g/mol. The molecule has 0 amide bonds. The first-order chi connectivity index (χ1) is 7.59. The Morgan fingerprint density at radius 1 is 1.69 bits per heavy atom. The first-order valence-electron chi connectivity index (χ1n) is 5.09. The summed E-state index contributed by atoms with van der Waals surface area (Å²) in [6.45, 7) is 4.94. The van der Waals surface area contributed by atoms with Crippen LogP contribution < -0.4 is 5.32 Å². The molecule has 0 aliphatic rings. The summed E-state index contributed by atoms with van der Waals surface area (Å²) in [5.74, 6) is 0. The van der Waals surface area contributed by atoms with Gasteiger partial charge >= 0.3 is 0 Å². The number of imidazole rings is 1. The maximum atomic E-state index is 9.16. The zero-order valence-electron chi connectivity index (χ0n) is 9.20. The number of nitrogens with one attached hydrogen (secondary N) is 1. The van der Waals surface area contributed by atoms with E-state index in [2.05, 4.69) is 15.7 Å². The molecule has 0 radical (unpaired) electrons. The minimum absolute atomic E-state index is 0.356. The van der Waals surface area contributed by atoms with Crippen LogP contribution in [0.3, 0.4) is 0 Å². The molecule has 4 nitrogen and oxygen atoms in total. The number of nitrogens with zero attached hydrogens (tertiary/aromatic N) is 2. The number of fused-ring (bicyclic) bond motifs is 1. The van der Waals surface area contributed by atoms with Gasteiger partial charge in [-0.15, -0.1) is 11.3 Å². The fourth-order valence-corrected chi connectivity index (χ4v) is 2.76. The third-order valence-corrected chi connectivity index (χ3v) is 3.56. The molecule has 2 aromatic heterocycles. The number of aromatic nitrogens is 2. The van der Waals surface area contributed by atoms with Crippen LogP contribution in [0.15, 0.2) is 5.38 Å². The zero-order chi connectivity index (χ0) is 11.7. The SMILES string of the molecule is Cc1csc2nc(Cl)c(CNCC(C)O)n12. The number of thiazole rings is 1. The second-order valence-electron chi connectivity index (χ2n) is 3.82. The minimum atomic E-state index is -0.356. The fourth-order valence-electron chi connectivity index (χ4n) is 1.59. The second kappa shape index (κ2) is 4.71. The Morgan fingerprint density at radius 3 is 3.12 bits per heavy atom. The standard InChI is InChI=1S/C10H14ClN3OS/c1-6-5-16-10-13-9(11)8(14(6)10)4-12-3-7(2)15/h5,7,12,15H,3-4H2,1-2H3. The van der Waals surface area contributed by atoms with Crippen molar-refractivity contribution in [2.45, 2.75) is 26.5 Å². The van der Waals surface area contributed by atoms with Gasteiger partial charge in [-0.2, -0.15) is 0 Å². The van der Waals surface area contributed by atoms with Crippen molar-refractivity contribution in [3.05, 3.63) is 21.9 Å². The third-order valence-electron chi connectivity index (χ3n) is 2.31. The molecule has 1 atom stereocenters. The van der Waals surface area contributed by atoms with Crippen molar-refractivity contribution in [3.8, 4) is 0 Å². The summed E-state index contributed by atoms with van der Waals surface area (Å²) in [6.07, 6.45) is -0.356. The van der Waals surface area contributed by atoms with Crippen molar-refractivity contribution in [2.75, 3.05) is 6.54 Å². The van der Waals surface area contributed by atoms with Gasteiger partial charge in [0.05, 0.1) is 11.8 Å². The van der Waals surface area contributed by atoms with E-state index in [-0.39, 0.29) is 6.10 Å². The molecule has 1 unspecified atom stereocenters. The van der Waals surface area contributed by atoms with Crippen LogP contribution in [-0.2, 0) is 6.54 Å². The third kappa shape index (κ3) is 2.22. The van der Waals surface area contributed by atoms with Crippen LogP contribution in [0.25, 0.3) is 4.96 Å². The van der Waals surface area contributed by atoms with Gasteiger partial charge in [-0.25, -0.2) is 4.98 Å². The Hall–Kier alpha value is -0.620. The molecule has 0 aromatic carbocycles. The molecule has 16 heavy (non-hydrogen) atoms. The van der Waals surface area contributed by atoms with E-state index < -0.39 is 0 Å². The summed E-state index contributed by atoms with van der Waals surface area (Å²) in [6, 6.07) is 0. The van der Waals surface area contributed by atoms with Gasteiger partial charge in [0.2, 0.25) is 0 Å². The highest BCUT2D eigenvalue weighted by Gasteiger charge is 2.13. The van der Waals surface area contributed by atoms with Crippen molar-refractivity contribution in [1.29, 1.82) is 0 Å². The fraction of sp³-hybridized carbons (Fsp3) is 0.500. The predicted molar refractivity (Wildman–Crippen MR) is 66.2 cm³/mol. The van der Waals surface area contributed by atoms with Crippen LogP contribution >= 0.6 is 22.9 Å². The monoisotopic (exact) mass is 259 g/mol. The number of rotatable bonds is 4. The Labute approximate surface area is 103 Å². The van der Waals surface area contributed by atoms with Gasteiger partial charge in [0.15, 0.2) is 10.1 Å². The summed E-state index contributed by atoms with van der Waals surface area (Å²) >= 11 is 7.65. The van der Waals surface area contributed by atoms with E-state index in [4.69, 9.17) is 16.7 Å². The molecule has 6 heteroatoms. The largest absolute Gasteiger partial charge is 0.392 e. The highest BCUT2D eigenvalue weighted by Crippen LogP contribution is 2.23. The molecule has 2 aromatic rings. The van der Waals surface area contributed by atoms with E-state index >= 15 is 0 Å². The van der Waals surface area contributed by atoms with Crippen molar-refractivity contribution in [1.82, 2.24) is 14.7 Å². The van der Waals surface area contributed by atoms with Crippen LogP contribution in [0.1, 0.15) is 18.3 Å². The molecule has 2 N–H and O–H groups in total. The van der Waals surface area contributed by atoms with Gasteiger partial charge in [-0.3, -0.25) is 4.40 Å². The van der Waals surface area contributed by atoms with E-state index in [1.807, 2.05) is 11.3 Å². The van der Waals surface area contributed by atoms with Crippen molar-refractivity contribution >= 4 is 27.9 Å². The first kappa shape index (κ1) is 11.9. The lowest BCUT2D eigenvalue weighted by molar-refractivity contribution is 0.191. The normalized spacial score (nSPS) is 13.5. The Kier molecular flexibility index (Phi) is 3.49. The molecule has 0 aliphatic carbocycles. The molecule has 0 spiro atoms. The minimum Gasteiger partial charge on any atom is -0.392 e. The number of aliphatic hydroxyl groups is 1. The number of halogens is 1. The van der Waals surface area contributed by atoms with Gasteiger partial charge in [0, 0.05) is 24.2 Å². The molecule has 0 aliphatic heterocycles. The summed E-state index contributed by atoms with van der Waals surface area (Å²) in [5, 5.41) is 14.9. The predicted octanol–water partition coefficient (Wildman–Crippen LogP) is 1.83. The molecule has 2 rings (SSSR count). The molecule has 0 saturated heterocycles. The smallest absolute Gasteiger partial charge is 0.195 e. The lowest BCUT2D eigenvalue weighted by atomic mass is 10.4. The Balaban J connectivity index is 2.21. The van der Waals surface area contributed by atoms with Crippen molar-refractivity contribution < 1.29 is 5.11 Å². The lowest BCUT2D eigenvalue weighted by Gasteiger charge is -2.07. The molecule has 0 fully saturated rings. The highest BCUT2D eigenvalue weighted by atomic mass is 35.5. The van der Waals surface area contributed by atoms with Crippen LogP contribution in [0.5, 0.6) is 0 Å². The number of hydrogen-bond acceptors (Lipinski definition) is 4. The number of aliphatic hydroxyl groups excluding tert-OH is 1. The first-order valence-corrected chi connectivity index (χ1v) is 6.35. The quantitative estimate of drug-likeness (QED) is 0.881. The number of aryl methyl sites for hydroxylation is 1. The van der Waals surface area contributed by atoms with Gasteiger partial charge in [-0.1, -0.05) is 11.6 Å². The summed E-state index contributed by atoms with van der Waals surface area (Å²) in [7, 11) is 0. The van der Waals surface area contributed by atoms with Crippen molar-refractivity contribution in [3.63, 3.8) is 0 Å². The van der Waals surface area contributed by atoms with Crippen molar-refractivity contribution in [2.24, 2.45) is 0 Å². The van der Waals surface area contributed by atoms with Gasteiger partial charge in [-0.05, 0) is 13.8 Å². The maximum Gasteiger partial charge on any atom is 0.195 e. The molecular weight excluding hydrogens is 246 g/mol. The second-order valence-corrected chi connectivity index (χ2v) is 5.02. The molecule has 0 saturated carbocycles. The molecule has 88 valence electrons. The number of hydrogen-bond donors (Lipinski definition) is 2. The summed E-state index contributed by atoms with van der Waals surface area (Å²) in [5.41, 5.74) is 2.09. The van der Waals surface area contributed by atoms with Crippen LogP contribution in [0, 0.1) is 6.92 Å². The highest BCUT2D eigenvalue weighted by molar-refractivity contribution is 7.15. The van der Waals surface area contributed by atoms with Gasteiger partial charge in [0.1, 0.15) is 0 Å². The van der Waals surface area contributed by atoms with Crippen LogP contribution in [0.4, 0.5) is 0 Å².